The van der Waals surface area contributed by atoms with Gasteiger partial charge in [-0.15, -0.1) is 11.3 Å². The summed E-state index contributed by atoms with van der Waals surface area (Å²) in [6.45, 7) is 0. The molecule has 0 aromatic carbocycles. The maximum Gasteiger partial charge on any atom is 0.347 e. The minimum Gasteiger partial charge on any atom is -0.477 e. The van der Waals surface area contributed by atoms with Gasteiger partial charge in [-0.05, 0) is 12.8 Å². The molecule has 0 atom stereocenters. The highest BCUT2D eigenvalue weighted by Crippen LogP contribution is 2.50. The largest absolute Gasteiger partial charge is 0.477 e. The van der Waals surface area contributed by atoms with E-state index in [1.165, 1.54) is 0 Å². The number of nitrogens with zero attached hydrogens (tertiary/aromatic N) is 1. The van der Waals surface area contributed by atoms with Crippen LogP contribution < -0.4 is 0 Å². The lowest BCUT2D eigenvalue weighted by molar-refractivity contribution is -0.0287. The summed E-state index contributed by atoms with van der Waals surface area (Å²) in [4.78, 5) is 13.8. The molecule has 1 aromatic rings. The van der Waals surface area contributed by atoms with Crippen molar-refractivity contribution in [2.75, 3.05) is 0 Å². The van der Waals surface area contributed by atoms with Crippen LogP contribution in [0.2, 0.25) is 0 Å². The number of carboxylic acids is 1. The fraction of sp³-hybridized carbons (Fsp3) is 0.500. The van der Waals surface area contributed by atoms with Crippen molar-refractivity contribution in [1.29, 1.82) is 0 Å². The van der Waals surface area contributed by atoms with E-state index in [0.717, 1.165) is 6.20 Å². The van der Waals surface area contributed by atoms with Crippen LogP contribution in [-0.2, 0) is 5.92 Å². The summed E-state index contributed by atoms with van der Waals surface area (Å²) in [6.07, 6.45) is 1.97. The molecule has 1 N–H and O–H groups in total. The minimum atomic E-state index is -2.95. The van der Waals surface area contributed by atoms with Crippen LogP contribution in [0, 0.1) is 5.92 Å². The number of rotatable bonds is 3. The number of carboxylic acid groups (broad SMARTS) is 1. The second-order valence-corrected chi connectivity index (χ2v) is 4.26. The average Bonchev–Trinajstić information content (AvgIpc) is 2.82. The Balaban J connectivity index is 2.27. The number of halogens is 2. The summed E-state index contributed by atoms with van der Waals surface area (Å²) in [5, 5.41) is 8.17. The van der Waals surface area contributed by atoms with E-state index in [2.05, 4.69) is 4.98 Å². The molecule has 0 spiro atoms. The van der Waals surface area contributed by atoms with Gasteiger partial charge in [-0.25, -0.2) is 9.78 Å². The molecule has 0 aliphatic heterocycles. The van der Waals surface area contributed by atoms with E-state index in [-0.39, 0.29) is 9.88 Å². The molecular formula is C8H7F2NO2S. The van der Waals surface area contributed by atoms with Crippen LogP contribution in [0.1, 0.15) is 27.5 Å². The Morgan fingerprint density at radius 3 is 2.71 bits per heavy atom. The zero-order valence-electron chi connectivity index (χ0n) is 7.04. The summed E-state index contributed by atoms with van der Waals surface area (Å²) in [7, 11) is 0. The van der Waals surface area contributed by atoms with E-state index < -0.39 is 17.8 Å². The van der Waals surface area contributed by atoms with E-state index in [9.17, 15) is 13.6 Å². The van der Waals surface area contributed by atoms with Crippen molar-refractivity contribution < 1.29 is 18.7 Å². The fourth-order valence-electron chi connectivity index (χ4n) is 1.15. The molecule has 1 aliphatic rings. The highest BCUT2D eigenvalue weighted by atomic mass is 32.1. The van der Waals surface area contributed by atoms with Crippen LogP contribution >= 0.6 is 11.3 Å². The Labute approximate surface area is 82.4 Å². The smallest absolute Gasteiger partial charge is 0.347 e. The van der Waals surface area contributed by atoms with Gasteiger partial charge in [0.05, 0.1) is 6.20 Å². The highest BCUT2D eigenvalue weighted by Gasteiger charge is 2.50. The lowest BCUT2D eigenvalue weighted by Crippen LogP contribution is -2.15. The molecule has 1 fully saturated rings. The Morgan fingerprint density at radius 2 is 2.29 bits per heavy atom. The second kappa shape index (κ2) is 2.98. The van der Waals surface area contributed by atoms with Crippen LogP contribution in [0.15, 0.2) is 6.20 Å². The van der Waals surface area contributed by atoms with Gasteiger partial charge in [0.25, 0.3) is 0 Å². The third-order valence-electron chi connectivity index (χ3n) is 2.09. The Bertz CT molecular complexity index is 373. The first-order valence-corrected chi connectivity index (χ1v) is 4.91. The van der Waals surface area contributed by atoms with E-state index in [0.29, 0.717) is 24.2 Å². The third kappa shape index (κ3) is 1.50. The Morgan fingerprint density at radius 1 is 1.64 bits per heavy atom. The number of hydrogen-bond donors (Lipinski definition) is 1. The number of carbonyl (C=O) groups is 1. The van der Waals surface area contributed by atoms with Crippen molar-refractivity contribution in [1.82, 2.24) is 4.98 Å². The van der Waals surface area contributed by atoms with Crippen molar-refractivity contribution in [3.63, 3.8) is 0 Å². The first-order valence-electron chi connectivity index (χ1n) is 4.09. The van der Waals surface area contributed by atoms with E-state index in [1.807, 2.05) is 0 Å². The zero-order valence-corrected chi connectivity index (χ0v) is 7.85. The zero-order chi connectivity index (χ0) is 10.3. The van der Waals surface area contributed by atoms with Gasteiger partial charge in [0.1, 0.15) is 4.88 Å². The molecule has 3 nitrogen and oxygen atoms in total. The van der Waals surface area contributed by atoms with Crippen molar-refractivity contribution >= 4 is 17.3 Å². The fourth-order valence-corrected chi connectivity index (χ4v) is 1.96. The van der Waals surface area contributed by atoms with Gasteiger partial charge in [-0.2, -0.15) is 8.78 Å². The molecule has 0 saturated heterocycles. The average molecular weight is 219 g/mol. The van der Waals surface area contributed by atoms with E-state index in [4.69, 9.17) is 5.11 Å². The van der Waals surface area contributed by atoms with Crippen LogP contribution in [0.5, 0.6) is 0 Å². The van der Waals surface area contributed by atoms with Gasteiger partial charge in [0.15, 0.2) is 5.01 Å². The number of thiazole rings is 1. The molecule has 0 radical (unpaired) electrons. The molecule has 0 amide bonds. The maximum absolute atomic E-state index is 13.4. The molecule has 14 heavy (non-hydrogen) atoms. The van der Waals surface area contributed by atoms with Crippen molar-refractivity contribution in [2.45, 2.75) is 18.8 Å². The number of aromatic nitrogens is 1. The molecule has 6 heteroatoms. The molecule has 0 bridgehead atoms. The first-order chi connectivity index (χ1) is 6.51. The monoisotopic (exact) mass is 219 g/mol. The van der Waals surface area contributed by atoms with Crippen LogP contribution in [-0.4, -0.2) is 16.1 Å². The van der Waals surface area contributed by atoms with Crippen LogP contribution in [0.4, 0.5) is 8.78 Å². The summed E-state index contributed by atoms with van der Waals surface area (Å²) >= 11 is 0.556. The molecule has 2 rings (SSSR count). The van der Waals surface area contributed by atoms with Gasteiger partial charge in [0, 0.05) is 5.92 Å². The SMILES string of the molecule is O=C(O)c1cnc(C(F)(F)C2CC2)s1. The van der Waals surface area contributed by atoms with Gasteiger partial charge >= 0.3 is 11.9 Å². The molecule has 1 saturated carbocycles. The molecule has 1 aromatic heterocycles. The Hall–Kier alpha value is -1.04. The van der Waals surface area contributed by atoms with Crippen LogP contribution in [0.25, 0.3) is 0 Å². The second-order valence-electron chi connectivity index (χ2n) is 3.23. The Kier molecular flexibility index (Phi) is 2.02. The number of hydrogen-bond acceptors (Lipinski definition) is 3. The molecule has 1 aliphatic carbocycles. The lowest BCUT2D eigenvalue weighted by atomic mass is 10.2. The van der Waals surface area contributed by atoms with Crippen LogP contribution in [0.3, 0.4) is 0 Å². The first kappa shape index (κ1) is 9.51. The quantitative estimate of drug-likeness (QED) is 0.848. The summed E-state index contributed by atoms with van der Waals surface area (Å²) in [5.41, 5.74) is 0. The van der Waals surface area contributed by atoms with Gasteiger partial charge < -0.3 is 5.11 Å². The van der Waals surface area contributed by atoms with Crippen molar-refractivity contribution in [2.24, 2.45) is 5.92 Å². The third-order valence-corrected chi connectivity index (χ3v) is 3.16. The lowest BCUT2D eigenvalue weighted by Gasteiger charge is -2.10. The van der Waals surface area contributed by atoms with Gasteiger partial charge in [-0.3, -0.25) is 0 Å². The summed E-state index contributed by atoms with van der Waals surface area (Å²) < 4.78 is 26.7. The van der Waals surface area contributed by atoms with Gasteiger partial charge in [-0.1, -0.05) is 0 Å². The standard InChI is InChI=1S/C8H7F2NO2S/c9-8(10,4-1-2-4)7-11-3-5(14-7)6(12)13/h3-4H,1-2H2,(H,12,13). The molecule has 0 unspecified atom stereocenters. The maximum atomic E-state index is 13.4. The molecular weight excluding hydrogens is 212 g/mol. The van der Waals surface area contributed by atoms with Crippen molar-refractivity contribution in [3.05, 3.63) is 16.1 Å². The topological polar surface area (TPSA) is 50.2 Å². The summed E-state index contributed by atoms with van der Waals surface area (Å²) in [5.74, 6) is -4.80. The predicted octanol–water partition coefficient (Wildman–Crippen LogP) is 2.34. The normalized spacial score (nSPS) is 17.0. The molecule has 76 valence electrons. The predicted molar refractivity (Wildman–Crippen MR) is 45.7 cm³/mol. The van der Waals surface area contributed by atoms with Gasteiger partial charge in [0.2, 0.25) is 0 Å². The highest BCUT2D eigenvalue weighted by molar-refractivity contribution is 7.13. The van der Waals surface area contributed by atoms with E-state index in [1.54, 1.807) is 0 Å². The number of alkyl halides is 2. The minimum absolute atomic E-state index is 0.139. The molecule has 1 heterocycles. The van der Waals surface area contributed by atoms with Crippen molar-refractivity contribution in [3.8, 4) is 0 Å². The number of aromatic carboxylic acids is 1. The van der Waals surface area contributed by atoms with E-state index >= 15 is 0 Å². The summed E-state index contributed by atoms with van der Waals surface area (Å²) in [6, 6.07) is 0.